The molecule has 4 N–H and O–H groups in total. The van der Waals surface area contributed by atoms with Gasteiger partial charge < -0.3 is 30.2 Å². The number of benzene rings is 1. The fourth-order valence-corrected chi connectivity index (χ4v) is 5.13. The standard InChI is InChI=1S/C28H33FN4O5/c1-15-25(28(36)33-18-7-5-17(6-8-18)32-24(35)13-34)27-26(31-15)19(9-10-30-27)20-11-21(29)23(37-2)12-22(20)38-14-16-3-4-16/h9-12,16-18,31,34H,3-8,13-14H2,1-2H3,(H,32,35)(H,33,36). The number of aromatic nitrogens is 2. The Labute approximate surface area is 220 Å². The predicted molar refractivity (Wildman–Crippen MR) is 140 cm³/mol. The highest BCUT2D eigenvalue weighted by Crippen LogP contribution is 2.40. The summed E-state index contributed by atoms with van der Waals surface area (Å²) in [6.07, 6.45) is 6.74. The number of fused-ring (bicyclic) bond motifs is 1. The fraction of sp³-hybridized carbons (Fsp3) is 0.464. The lowest BCUT2D eigenvalue weighted by Crippen LogP contribution is -2.44. The third-order valence-electron chi connectivity index (χ3n) is 7.39. The number of aliphatic hydroxyl groups excluding tert-OH is 1. The number of carbonyl (C=O) groups excluding carboxylic acids is 2. The van der Waals surface area contributed by atoms with Crippen LogP contribution < -0.4 is 20.1 Å². The van der Waals surface area contributed by atoms with Crippen molar-refractivity contribution in [1.82, 2.24) is 20.6 Å². The molecule has 0 radical (unpaired) electrons. The minimum atomic E-state index is -0.525. The van der Waals surface area contributed by atoms with Gasteiger partial charge in [-0.25, -0.2) is 4.39 Å². The number of aromatic amines is 1. The third-order valence-corrected chi connectivity index (χ3v) is 7.39. The molecule has 2 aliphatic rings. The van der Waals surface area contributed by atoms with Gasteiger partial charge in [0, 0.05) is 41.2 Å². The molecule has 0 spiro atoms. The summed E-state index contributed by atoms with van der Waals surface area (Å²) in [5.41, 5.74) is 3.50. The normalized spacial score (nSPS) is 19.3. The number of amides is 2. The molecule has 202 valence electrons. The van der Waals surface area contributed by atoms with Crippen LogP contribution in [0.3, 0.4) is 0 Å². The van der Waals surface area contributed by atoms with Gasteiger partial charge in [-0.1, -0.05) is 0 Å². The van der Waals surface area contributed by atoms with E-state index in [0.29, 0.717) is 51.7 Å². The van der Waals surface area contributed by atoms with Crippen LogP contribution >= 0.6 is 0 Å². The van der Waals surface area contributed by atoms with Gasteiger partial charge in [-0.2, -0.15) is 0 Å². The van der Waals surface area contributed by atoms with Crippen molar-refractivity contribution >= 4 is 22.8 Å². The molecule has 9 nitrogen and oxygen atoms in total. The Morgan fingerprint density at radius 1 is 1.08 bits per heavy atom. The first-order valence-electron chi connectivity index (χ1n) is 13.1. The van der Waals surface area contributed by atoms with E-state index in [1.54, 1.807) is 18.3 Å². The number of ether oxygens (including phenoxy) is 2. The molecular formula is C28H33FN4O5. The molecule has 1 aromatic carbocycles. The second-order valence-corrected chi connectivity index (χ2v) is 10.2. The summed E-state index contributed by atoms with van der Waals surface area (Å²) in [6, 6.07) is 4.73. The minimum Gasteiger partial charge on any atom is -0.494 e. The maximum atomic E-state index is 14.8. The average Bonchev–Trinajstić information content (AvgIpc) is 3.68. The summed E-state index contributed by atoms with van der Waals surface area (Å²) in [4.78, 5) is 32.6. The molecule has 2 saturated carbocycles. The highest BCUT2D eigenvalue weighted by atomic mass is 19.1. The van der Waals surface area contributed by atoms with Gasteiger partial charge in [0.15, 0.2) is 11.6 Å². The van der Waals surface area contributed by atoms with Gasteiger partial charge in [-0.3, -0.25) is 14.6 Å². The van der Waals surface area contributed by atoms with E-state index in [4.69, 9.17) is 14.6 Å². The van der Waals surface area contributed by atoms with Gasteiger partial charge in [0.25, 0.3) is 5.91 Å². The highest BCUT2D eigenvalue weighted by molar-refractivity contribution is 6.09. The van der Waals surface area contributed by atoms with Crippen molar-refractivity contribution in [3.05, 3.63) is 41.5 Å². The van der Waals surface area contributed by atoms with E-state index in [-0.39, 0.29) is 29.6 Å². The molecule has 2 heterocycles. The van der Waals surface area contributed by atoms with Crippen LogP contribution in [0.1, 0.15) is 54.6 Å². The first-order valence-corrected chi connectivity index (χ1v) is 13.1. The van der Waals surface area contributed by atoms with E-state index in [9.17, 15) is 14.0 Å². The lowest BCUT2D eigenvalue weighted by molar-refractivity contribution is -0.124. The SMILES string of the molecule is COc1cc(OCC2CC2)c(-c2ccnc3c(C(=O)NC4CCC(NC(=O)CO)CC4)c(C)[nH]c23)cc1F. The molecule has 0 saturated heterocycles. The lowest BCUT2D eigenvalue weighted by atomic mass is 9.91. The zero-order valence-electron chi connectivity index (χ0n) is 21.6. The van der Waals surface area contributed by atoms with Crippen molar-refractivity contribution in [2.45, 2.75) is 57.5 Å². The molecule has 3 aromatic rings. The maximum absolute atomic E-state index is 14.8. The van der Waals surface area contributed by atoms with Crippen LogP contribution in [0.5, 0.6) is 11.5 Å². The Hall–Kier alpha value is -3.66. The quantitative estimate of drug-likeness (QED) is 0.339. The Morgan fingerprint density at radius 3 is 2.45 bits per heavy atom. The number of aryl methyl sites for hydroxylation is 1. The second-order valence-electron chi connectivity index (χ2n) is 10.2. The first-order chi connectivity index (χ1) is 18.4. The summed E-state index contributed by atoms with van der Waals surface area (Å²) in [6.45, 7) is 1.85. The third kappa shape index (κ3) is 5.45. The Bertz CT molecular complexity index is 1340. The number of H-pyrrole nitrogens is 1. The van der Waals surface area contributed by atoms with E-state index >= 15 is 0 Å². The van der Waals surface area contributed by atoms with Gasteiger partial charge >= 0.3 is 0 Å². The van der Waals surface area contributed by atoms with Crippen molar-refractivity contribution < 1.29 is 28.6 Å². The van der Waals surface area contributed by atoms with Crippen molar-refractivity contribution in [3.8, 4) is 22.6 Å². The summed E-state index contributed by atoms with van der Waals surface area (Å²) < 4.78 is 26.1. The van der Waals surface area contributed by atoms with E-state index in [1.807, 2.05) is 6.92 Å². The topological polar surface area (TPSA) is 126 Å². The van der Waals surface area contributed by atoms with Crippen molar-refractivity contribution in [1.29, 1.82) is 0 Å². The highest BCUT2D eigenvalue weighted by Gasteiger charge is 2.27. The Kier molecular flexibility index (Phi) is 7.51. The number of nitrogens with zero attached hydrogens (tertiary/aromatic N) is 1. The number of hydrogen-bond donors (Lipinski definition) is 4. The molecule has 0 unspecified atom stereocenters. The van der Waals surface area contributed by atoms with Gasteiger partial charge in [0.2, 0.25) is 5.91 Å². The zero-order valence-corrected chi connectivity index (χ0v) is 21.6. The number of carbonyl (C=O) groups is 2. The van der Waals surface area contributed by atoms with Gasteiger partial charge in [0.05, 0.1) is 24.8 Å². The molecule has 2 amide bonds. The van der Waals surface area contributed by atoms with Gasteiger partial charge in [-0.15, -0.1) is 0 Å². The van der Waals surface area contributed by atoms with Gasteiger partial charge in [-0.05, 0) is 63.5 Å². The summed E-state index contributed by atoms with van der Waals surface area (Å²) in [7, 11) is 1.42. The summed E-state index contributed by atoms with van der Waals surface area (Å²) in [5, 5.41) is 14.9. The van der Waals surface area contributed by atoms with Crippen molar-refractivity contribution in [3.63, 3.8) is 0 Å². The van der Waals surface area contributed by atoms with E-state index in [0.717, 1.165) is 38.5 Å². The Balaban J connectivity index is 1.40. The zero-order chi connectivity index (χ0) is 26.8. The number of pyridine rings is 1. The van der Waals surface area contributed by atoms with Crippen LogP contribution in [0.25, 0.3) is 22.2 Å². The number of hydrogen-bond acceptors (Lipinski definition) is 6. The molecule has 5 rings (SSSR count). The summed E-state index contributed by atoms with van der Waals surface area (Å²) in [5.74, 6) is 0.0295. The molecule has 2 aromatic heterocycles. The molecule has 0 atom stereocenters. The molecule has 10 heteroatoms. The summed E-state index contributed by atoms with van der Waals surface area (Å²) >= 11 is 0. The van der Waals surface area contributed by atoms with Crippen LogP contribution in [0.15, 0.2) is 24.4 Å². The number of aliphatic hydroxyl groups is 1. The maximum Gasteiger partial charge on any atom is 0.255 e. The molecule has 0 aliphatic heterocycles. The van der Waals surface area contributed by atoms with E-state index in [2.05, 4.69) is 20.6 Å². The molecule has 2 fully saturated rings. The van der Waals surface area contributed by atoms with Crippen LogP contribution in [0, 0.1) is 18.7 Å². The van der Waals surface area contributed by atoms with E-state index in [1.165, 1.54) is 13.2 Å². The van der Waals surface area contributed by atoms with Crippen LogP contribution in [0.4, 0.5) is 4.39 Å². The van der Waals surface area contributed by atoms with Crippen molar-refractivity contribution in [2.24, 2.45) is 5.92 Å². The monoisotopic (exact) mass is 524 g/mol. The average molecular weight is 525 g/mol. The second kappa shape index (κ2) is 11.0. The number of rotatable bonds is 9. The fourth-order valence-electron chi connectivity index (χ4n) is 5.13. The molecular weight excluding hydrogens is 491 g/mol. The van der Waals surface area contributed by atoms with Crippen LogP contribution in [-0.4, -0.2) is 59.3 Å². The largest absolute Gasteiger partial charge is 0.494 e. The Morgan fingerprint density at radius 2 is 1.79 bits per heavy atom. The molecule has 0 bridgehead atoms. The predicted octanol–water partition coefficient (Wildman–Crippen LogP) is 3.62. The van der Waals surface area contributed by atoms with Crippen molar-refractivity contribution in [2.75, 3.05) is 20.3 Å². The minimum absolute atomic E-state index is 0.00285. The lowest BCUT2D eigenvalue weighted by Gasteiger charge is -2.29. The number of halogens is 1. The number of nitrogens with one attached hydrogen (secondary N) is 3. The number of methoxy groups -OCH3 is 1. The smallest absolute Gasteiger partial charge is 0.255 e. The first kappa shape index (κ1) is 26.0. The molecule has 38 heavy (non-hydrogen) atoms. The molecule has 2 aliphatic carbocycles. The van der Waals surface area contributed by atoms with Gasteiger partial charge in [0.1, 0.15) is 17.9 Å². The van der Waals surface area contributed by atoms with Crippen LogP contribution in [0.2, 0.25) is 0 Å². The van der Waals surface area contributed by atoms with E-state index < -0.39 is 12.4 Å². The van der Waals surface area contributed by atoms with Crippen LogP contribution in [-0.2, 0) is 4.79 Å².